The molecular formula is C11H22N4O3S. The van der Waals surface area contributed by atoms with Gasteiger partial charge in [-0.05, 0) is 20.8 Å². The first kappa shape index (κ1) is 15.9. The molecule has 8 heteroatoms. The molecule has 0 saturated heterocycles. The molecular weight excluding hydrogens is 268 g/mol. The van der Waals surface area contributed by atoms with Gasteiger partial charge < -0.3 is 4.74 Å². The SMILES string of the molecule is COc1cnn(C(C)C)c1C(NN)C(C)S(C)(=O)=O. The van der Waals surface area contributed by atoms with Crippen LogP contribution < -0.4 is 16.0 Å². The summed E-state index contributed by atoms with van der Waals surface area (Å²) in [5.41, 5.74) is 3.20. The van der Waals surface area contributed by atoms with E-state index in [0.29, 0.717) is 11.4 Å². The van der Waals surface area contributed by atoms with Crippen molar-refractivity contribution in [1.29, 1.82) is 0 Å². The first-order chi connectivity index (χ1) is 8.73. The Bertz CT molecular complexity index is 524. The number of hydrogen-bond acceptors (Lipinski definition) is 6. The normalized spacial score (nSPS) is 15.5. The van der Waals surface area contributed by atoms with Crippen LogP contribution in [0.4, 0.5) is 0 Å². The number of rotatable bonds is 6. The van der Waals surface area contributed by atoms with Gasteiger partial charge in [-0.3, -0.25) is 10.5 Å². The summed E-state index contributed by atoms with van der Waals surface area (Å²) in [5.74, 6) is 6.06. The summed E-state index contributed by atoms with van der Waals surface area (Å²) in [6.45, 7) is 5.51. The third kappa shape index (κ3) is 3.26. The van der Waals surface area contributed by atoms with E-state index in [1.807, 2.05) is 13.8 Å². The van der Waals surface area contributed by atoms with E-state index < -0.39 is 21.1 Å². The fourth-order valence-electron chi connectivity index (χ4n) is 1.90. The quantitative estimate of drug-likeness (QED) is 0.581. The van der Waals surface area contributed by atoms with Crippen LogP contribution in [0.2, 0.25) is 0 Å². The average molecular weight is 290 g/mol. The van der Waals surface area contributed by atoms with E-state index in [0.717, 1.165) is 0 Å². The van der Waals surface area contributed by atoms with Gasteiger partial charge in [0.2, 0.25) is 0 Å². The Hall–Kier alpha value is -1.12. The number of ether oxygens (including phenoxy) is 1. The molecule has 2 unspecified atom stereocenters. The minimum Gasteiger partial charge on any atom is -0.493 e. The van der Waals surface area contributed by atoms with Crippen LogP contribution in [0.3, 0.4) is 0 Å². The van der Waals surface area contributed by atoms with Crippen molar-refractivity contribution in [1.82, 2.24) is 15.2 Å². The number of nitrogens with zero attached hydrogens (tertiary/aromatic N) is 2. The van der Waals surface area contributed by atoms with Crippen molar-refractivity contribution in [3.05, 3.63) is 11.9 Å². The molecule has 1 aromatic heterocycles. The fourth-order valence-corrected chi connectivity index (χ4v) is 2.61. The number of nitrogens with two attached hydrogens (primary N) is 1. The topological polar surface area (TPSA) is 99.2 Å². The van der Waals surface area contributed by atoms with Crippen molar-refractivity contribution in [2.24, 2.45) is 5.84 Å². The summed E-state index contributed by atoms with van der Waals surface area (Å²) in [5, 5.41) is 3.53. The average Bonchev–Trinajstić information content (AvgIpc) is 2.72. The first-order valence-electron chi connectivity index (χ1n) is 6.00. The largest absolute Gasteiger partial charge is 0.493 e. The third-order valence-corrected chi connectivity index (χ3v) is 4.75. The smallest absolute Gasteiger partial charge is 0.161 e. The van der Waals surface area contributed by atoms with Gasteiger partial charge in [0.25, 0.3) is 0 Å². The van der Waals surface area contributed by atoms with E-state index in [9.17, 15) is 8.42 Å². The van der Waals surface area contributed by atoms with Crippen molar-refractivity contribution in [2.75, 3.05) is 13.4 Å². The highest BCUT2D eigenvalue weighted by Crippen LogP contribution is 2.31. The van der Waals surface area contributed by atoms with Crippen molar-refractivity contribution < 1.29 is 13.2 Å². The van der Waals surface area contributed by atoms with Crippen LogP contribution in [0.1, 0.15) is 38.5 Å². The summed E-state index contributed by atoms with van der Waals surface area (Å²) in [6.07, 6.45) is 2.75. The van der Waals surface area contributed by atoms with Gasteiger partial charge in [-0.1, -0.05) is 0 Å². The van der Waals surface area contributed by atoms with E-state index in [2.05, 4.69) is 10.5 Å². The highest BCUT2D eigenvalue weighted by molar-refractivity contribution is 7.91. The number of hydrogen-bond donors (Lipinski definition) is 2. The Balaban J connectivity index is 3.35. The second-order valence-electron chi connectivity index (χ2n) is 4.82. The molecule has 3 N–H and O–H groups in total. The monoisotopic (exact) mass is 290 g/mol. The lowest BCUT2D eigenvalue weighted by Gasteiger charge is -2.24. The molecule has 0 amide bonds. The minimum atomic E-state index is -3.25. The summed E-state index contributed by atoms with van der Waals surface area (Å²) in [7, 11) is -1.73. The Morgan fingerprint density at radius 2 is 2.00 bits per heavy atom. The molecule has 0 saturated carbocycles. The Kier molecular flexibility index (Phi) is 4.94. The van der Waals surface area contributed by atoms with Gasteiger partial charge in [-0.25, -0.2) is 13.8 Å². The summed E-state index contributed by atoms with van der Waals surface area (Å²) in [4.78, 5) is 0. The molecule has 0 aliphatic carbocycles. The molecule has 0 aliphatic rings. The zero-order valence-electron chi connectivity index (χ0n) is 11.9. The lowest BCUT2D eigenvalue weighted by atomic mass is 10.1. The summed E-state index contributed by atoms with van der Waals surface area (Å²) >= 11 is 0. The summed E-state index contributed by atoms with van der Waals surface area (Å²) in [6, 6.07) is -0.517. The van der Waals surface area contributed by atoms with Crippen LogP contribution in [0, 0.1) is 0 Å². The minimum absolute atomic E-state index is 0.0708. The molecule has 0 aliphatic heterocycles. The zero-order chi connectivity index (χ0) is 14.8. The van der Waals surface area contributed by atoms with E-state index in [4.69, 9.17) is 10.6 Å². The van der Waals surface area contributed by atoms with Crippen LogP contribution in [-0.4, -0.2) is 36.8 Å². The second-order valence-corrected chi connectivity index (χ2v) is 7.22. The predicted octanol–water partition coefficient (Wildman–Crippen LogP) is 0.410. The maximum Gasteiger partial charge on any atom is 0.161 e. The zero-order valence-corrected chi connectivity index (χ0v) is 12.7. The number of methoxy groups -OCH3 is 1. The van der Waals surface area contributed by atoms with Gasteiger partial charge in [-0.2, -0.15) is 5.10 Å². The van der Waals surface area contributed by atoms with E-state index in [1.165, 1.54) is 13.4 Å². The number of nitrogens with one attached hydrogen (secondary N) is 1. The van der Waals surface area contributed by atoms with Gasteiger partial charge in [-0.15, -0.1) is 0 Å². The van der Waals surface area contributed by atoms with Gasteiger partial charge in [0.05, 0.1) is 24.6 Å². The Morgan fingerprint density at radius 3 is 2.37 bits per heavy atom. The van der Waals surface area contributed by atoms with Gasteiger partial charge in [0.15, 0.2) is 15.6 Å². The second kappa shape index (κ2) is 5.89. The molecule has 110 valence electrons. The van der Waals surface area contributed by atoms with Crippen LogP contribution in [0.5, 0.6) is 5.75 Å². The molecule has 1 heterocycles. The molecule has 0 radical (unpaired) electrons. The Labute approximate surface area is 114 Å². The molecule has 2 atom stereocenters. The Morgan fingerprint density at radius 1 is 1.42 bits per heavy atom. The number of hydrazine groups is 1. The maximum atomic E-state index is 11.7. The van der Waals surface area contributed by atoms with Crippen molar-refractivity contribution in [3.63, 3.8) is 0 Å². The summed E-state index contributed by atoms with van der Waals surface area (Å²) < 4.78 is 30.4. The van der Waals surface area contributed by atoms with Crippen LogP contribution in [0.25, 0.3) is 0 Å². The lowest BCUT2D eigenvalue weighted by molar-refractivity contribution is 0.381. The standard InChI is InChI=1S/C11H22N4O3S/c1-7(2)15-11(9(18-4)6-13-15)10(14-12)8(3)19(5,16)17/h6-8,10,14H,12H2,1-5H3. The van der Waals surface area contributed by atoms with Crippen molar-refractivity contribution >= 4 is 9.84 Å². The fraction of sp³-hybridized carbons (Fsp3) is 0.727. The van der Waals surface area contributed by atoms with Crippen molar-refractivity contribution in [2.45, 2.75) is 38.1 Å². The highest BCUT2D eigenvalue weighted by atomic mass is 32.2. The molecule has 1 aromatic rings. The lowest BCUT2D eigenvalue weighted by Crippen LogP contribution is -2.40. The van der Waals surface area contributed by atoms with E-state index >= 15 is 0 Å². The van der Waals surface area contributed by atoms with Crippen LogP contribution in [0.15, 0.2) is 6.20 Å². The number of sulfone groups is 1. The molecule has 19 heavy (non-hydrogen) atoms. The molecule has 0 spiro atoms. The van der Waals surface area contributed by atoms with Gasteiger partial charge in [0.1, 0.15) is 5.69 Å². The van der Waals surface area contributed by atoms with E-state index in [1.54, 1.807) is 17.8 Å². The van der Waals surface area contributed by atoms with Crippen LogP contribution in [-0.2, 0) is 9.84 Å². The molecule has 0 bridgehead atoms. The van der Waals surface area contributed by atoms with Crippen molar-refractivity contribution in [3.8, 4) is 5.75 Å². The maximum absolute atomic E-state index is 11.7. The van der Waals surface area contributed by atoms with Gasteiger partial charge >= 0.3 is 0 Å². The molecule has 7 nitrogen and oxygen atoms in total. The molecule has 1 rings (SSSR count). The predicted molar refractivity (Wildman–Crippen MR) is 73.5 cm³/mol. The van der Waals surface area contributed by atoms with E-state index in [-0.39, 0.29) is 6.04 Å². The third-order valence-electron chi connectivity index (χ3n) is 3.13. The van der Waals surface area contributed by atoms with Gasteiger partial charge in [0, 0.05) is 12.3 Å². The molecule has 0 aromatic carbocycles. The number of aromatic nitrogens is 2. The first-order valence-corrected chi connectivity index (χ1v) is 7.95. The van der Waals surface area contributed by atoms with Crippen LogP contribution >= 0.6 is 0 Å². The highest BCUT2D eigenvalue weighted by Gasteiger charge is 2.32. The molecule has 0 fully saturated rings.